The molecule has 5 nitrogen and oxygen atoms in total. The first-order valence-corrected chi connectivity index (χ1v) is 8.57. The Balaban J connectivity index is 2.27. The molecular weight excluding hydrogens is 334 g/mol. The lowest BCUT2D eigenvalue weighted by Gasteiger charge is -2.29. The molecule has 6 heteroatoms. The number of nitrogens with zero attached hydrogens (tertiary/aromatic N) is 2. The number of aromatic nitrogens is 2. The summed E-state index contributed by atoms with van der Waals surface area (Å²) >= 11 is 3.66. The molecule has 21 heavy (non-hydrogen) atoms. The molecular formula is C15H26BrN3O2. The summed E-state index contributed by atoms with van der Waals surface area (Å²) in [5, 5.41) is 8.12. The molecule has 2 rings (SSSR count). The van der Waals surface area contributed by atoms with Crippen molar-refractivity contribution in [1.82, 2.24) is 15.1 Å². The first-order valence-electron chi connectivity index (χ1n) is 7.78. The predicted molar refractivity (Wildman–Crippen MR) is 86.4 cm³/mol. The van der Waals surface area contributed by atoms with E-state index in [9.17, 15) is 0 Å². The second kappa shape index (κ2) is 8.27. The van der Waals surface area contributed by atoms with Gasteiger partial charge in [0.25, 0.3) is 0 Å². The average molecular weight is 360 g/mol. The van der Waals surface area contributed by atoms with E-state index in [4.69, 9.17) is 9.47 Å². The van der Waals surface area contributed by atoms with E-state index in [-0.39, 0.29) is 6.04 Å². The highest BCUT2D eigenvalue weighted by atomic mass is 79.9. The fourth-order valence-electron chi connectivity index (χ4n) is 3.17. The summed E-state index contributed by atoms with van der Waals surface area (Å²) in [6, 6.07) is 0.260. The summed E-state index contributed by atoms with van der Waals surface area (Å²) in [6.45, 7) is 7.56. The van der Waals surface area contributed by atoms with E-state index < -0.39 is 0 Å². The van der Waals surface area contributed by atoms with Gasteiger partial charge in [-0.1, -0.05) is 13.8 Å². The number of halogens is 1. The van der Waals surface area contributed by atoms with Crippen molar-refractivity contribution in [1.29, 1.82) is 0 Å². The first-order chi connectivity index (χ1) is 10.2. The molecule has 0 bridgehead atoms. The molecule has 1 aromatic rings. The molecule has 0 radical (unpaired) electrons. The van der Waals surface area contributed by atoms with Crippen molar-refractivity contribution >= 4 is 15.9 Å². The SMILES string of the molecule is CCNC(c1c(Br)cnn1CCOC)C1CCOC1CC. The van der Waals surface area contributed by atoms with Crippen LogP contribution < -0.4 is 5.32 Å². The van der Waals surface area contributed by atoms with E-state index in [0.29, 0.717) is 18.6 Å². The number of hydrogen-bond acceptors (Lipinski definition) is 4. The molecule has 2 heterocycles. The molecule has 0 amide bonds. The normalized spacial score (nSPS) is 23.6. The molecule has 3 atom stereocenters. The van der Waals surface area contributed by atoms with Crippen LogP contribution in [0.5, 0.6) is 0 Å². The standard InChI is InChI=1S/C15H26BrN3O2/c1-4-13-11(6-8-21-13)14(17-5-2)15-12(16)10-18-19(15)7-9-20-3/h10-11,13-14,17H,4-9H2,1-3H3. The van der Waals surface area contributed by atoms with E-state index in [1.807, 2.05) is 10.9 Å². The fourth-order valence-corrected chi connectivity index (χ4v) is 3.72. The van der Waals surface area contributed by atoms with Crippen molar-refractivity contribution in [3.05, 3.63) is 16.4 Å². The van der Waals surface area contributed by atoms with Crippen molar-refractivity contribution in [2.45, 2.75) is 45.4 Å². The largest absolute Gasteiger partial charge is 0.383 e. The molecule has 1 N–H and O–H groups in total. The van der Waals surface area contributed by atoms with Gasteiger partial charge in [0.05, 0.1) is 41.7 Å². The lowest BCUT2D eigenvalue weighted by atomic mass is 9.89. The third kappa shape index (κ3) is 3.86. The van der Waals surface area contributed by atoms with Gasteiger partial charge < -0.3 is 14.8 Å². The van der Waals surface area contributed by atoms with Gasteiger partial charge in [-0.15, -0.1) is 0 Å². The lowest BCUT2D eigenvalue weighted by molar-refractivity contribution is 0.0762. The van der Waals surface area contributed by atoms with Crippen LogP contribution in [0.2, 0.25) is 0 Å². The maximum atomic E-state index is 5.89. The zero-order valence-electron chi connectivity index (χ0n) is 13.1. The summed E-state index contributed by atoms with van der Waals surface area (Å²) in [7, 11) is 1.72. The number of ether oxygens (including phenoxy) is 2. The van der Waals surface area contributed by atoms with Gasteiger partial charge in [0, 0.05) is 19.6 Å². The Morgan fingerprint density at radius 1 is 1.57 bits per heavy atom. The van der Waals surface area contributed by atoms with E-state index >= 15 is 0 Å². The summed E-state index contributed by atoms with van der Waals surface area (Å²) in [6.07, 6.45) is 4.35. The highest BCUT2D eigenvalue weighted by Crippen LogP contribution is 2.37. The Morgan fingerprint density at radius 3 is 3.05 bits per heavy atom. The maximum absolute atomic E-state index is 5.89. The molecule has 1 saturated heterocycles. The van der Waals surface area contributed by atoms with Gasteiger partial charge in [0.2, 0.25) is 0 Å². The fraction of sp³-hybridized carbons (Fsp3) is 0.800. The Morgan fingerprint density at radius 2 is 2.38 bits per heavy atom. The third-order valence-electron chi connectivity index (χ3n) is 4.15. The first kappa shape index (κ1) is 16.9. The Bertz CT molecular complexity index is 439. The minimum absolute atomic E-state index is 0.260. The molecule has 1 aliphatic rings. The molecule has 1 aliphatic heterocycles. The van der Waals surface area contributed by atoms with Crippen LogP contribution in [0.4, 0.5) is 0 Å². The van der Waals surface area contributed by atoms with Crippen LogP contribution in [-0.2, 0) is 16.0 Å². The van der Waals surface area contributed by atoms with Crippen LogP contribution in [0.15, 0.2) is 10.7 Å². The third-order valence-corrected chi connectivity index (χ3v) is 4.76. The van der Waals surface area contributed by atoms with Crippen molar-refractivity contribution in [2.75, 3.05) is 26.9 Å². The molecule has 1 aromatic heterocycles. The van der Waals surface area contributed by atoms with Crippen LogP contribution in [0.3, 0.4) is 0 Å². The van der Waals surface area contributed by atoms with Crippen molar-refractivity contribution in [2.24, 2.45) is 5.92 Å². The van der Waals surface area contributed by atoms with Crippen molar-refractivity contribution < 1.29 is 9.47 Å². The highest BCUT2D eigenvalue weighted by Gasteiger charge is 2.36. The smallest absolute Gasteiger partial charge is 0.0700 e. The van der Waals surface area contributed by atoms with Crippen molar-refractivity contribution in [3.63, 3.8) is 0 Å². The van der Waals surface area contributed by atoms with E-state index in [1.54, 1.807) is 7.11 Å². The number of hydrogen-bond donors (Lipinski definition) is 1. The summed E-state index contributed by atoms with van der Waals surface area (Å²) in [5.41, 5.74) is 1.21. The molecule has 1 fully saturated rings. The van der Waals surface area contributed by atoms with Gasteiger partial charge >= 0.3 is 0 Å². The van der Waals surface area contributed by atoms with E-state index in [2.05, 4.69) is 40.2 Å². The number of methoxy groups -OCH3 is 1. The Labute approximate surface area is 135 Å². The van der Waals surface area contributed by atoms with Crippen LogP contribution >= 0.6 is 15.9 Å². The molecule has 3 unspecified atom stereocenters. The summed E-state index contributed by atoms with van der Waals surface area (Å²) < 4.78 is 14.2. The molecule has 0 saturated carbocycles. The minimum Gasteiger partial charge on any atom is -0.383 e. The average Bonchev–Trinajstić information content (AvgIpc) is 3.09. The highest BCUT2D eigenvalue weighted by molar-refractivity contribution is 9.10. The molecule has 120 valence electrons. The van der Waals surface area contributed by atoms with Gasteiger partial charge in [-0.05, 0) is 35.3 Å². The predicted octanol–water partition coefficient (Wildman–Crippen LogP) is 2.76. The summed E-state index contributed by atoms with van der Waals surface area (Å²) in [5.74, 6) is 0.490. The van der Waals surface area contributed by atoms with Gasteiger partial charge in [0.1, 0.15) is 0 Å². The summed E-state index contributed by atoms with van der Waals surface area (Å²) in [4.78, 5) is 0. The van der Waals surface area contributed by atoms with Gasteiger partial charge in [-0.2, -0.15) is 5.10 Å². The lowest BCUT2D eigenvalue weighted by Crippen LogP contribution is -2.35. The van der Waals surface area contributed by atoms with E-state index in [0.717, 1.165) is 37.0 Å². The Hall–Kier alpha value is -0.430. The molecule has 0 spiro atoms. The topological polar surface area (TPSA) is 48.3 Å². The second-order valence-corrected chi connectivity index (χ2v) is 6.25. The second-order valence-electron chi connectivity index (χ2n) is 5.40. The van der Waals surface area contributed by atoms with Crippen LogP contribution in [0.25, 0.3) is 0 Å². The van der Waals surface area contributed by atoms with Crippen LogP contribution in [0, 0.1) is 5.92 Å². The van der Waals surface area contributed by atoms with Gasteiger partial charge in [-0.3, -0.25) is 4.68 Å². The maximum Gasteiger partial charge on any atom is 0.0700 e. The minimum atomic E-state index is 0.260. The molecule has 0 aromatic carbocycles. The van der Waals surface area contributed by atoms with Crippen molar-refractivity contribution in [3.8, 4) is 0 Å². The Kier molecular flexibility index (Phi) is 6.67. The zero-order valence-corrected chi connectivity index (χ0v) is 14.7. The zero-order chi connectivity index (χ0) is 15.2. The van der Waals surface area contributed by atoms with Crippen LogP contribution in [-0.4, -0.2) is 42.8 Å². The quantitative estimate of drug-likeness (QED) is 0.775. The number of nitrogens with one attached hydrogen (secondary N) is 1. The monoisotopic (exact) mass is 359 g/mol. The van der Waals surface area contributed by atoms with Gasteiger partial charge in [-0.25, -0.2) is 0 Å². The van der Waals surface area contributed by atoms with Crippen LogP contribution in [0.1, 0.15) is 38.4 Å². The number of rotatable bonds is 8. The van der Waals surface area contributed by atoms with Gasteiger partial charge in [0.15, 0.2) is 0 Å². The van der Waals surface area contributed by atoms with E-state index in [1.165, 1.54) is 5.69 Å². The molecule has 0 aliphatic carbocycles.